The first-order valence-corrected chi connectivity index (χ1v) is 6.37. The molecule has 0 radical (unpaired) electrons. The Labute approximate surface area is 128 Å². The van der Waals surface area contributed by atoms with E-state index in [4.69, 9.17) is 0 Å². The number of rotatable bonds is 5. The van der Waals surface area contributed by atoms with E-state index >= 15 is 0 Å². The van der Waals surface area contributed by atoms with E-state index < -0.39 is 11.7 Å². The number of carbonyl (C=O) groups is 1. The van der Waals surface area contributed by atoms with Crippen molar-refractivity contribution in [2.24, 2.45) is 5.92 Å². The SMILES string of the molecule is CNCC(C)C(=O)NC(C)c1ccc(C(F)(F)F)cc1.Cl. The topological polar surface area (TPSA) is 41.1 Å². The number of halogens is 4. The molecule has 0 fully saturated rings. The average Bonchev–Trinajstić information content (AvgIpc) is 2.38. The van der Waals surface area contributed by atoms with Crippen LogP contribution in [-0.2, 0) is 11.0 Å². The Hall–Kier alpha value is -1.27. The van der Waals surface area contributed by atoms with Gasteiger partial charge >= 0.3 is 6.18 Å². The van der Waals surface area contributed by atoms with E-state index in [2.05, 4.69) is 10.6 Å². The highest BCUT2D eigenvalue weighted by molar-refractivity contribution is 5.85. The zero-order valence-electron chi connectivity index (χ0n) is 12.1. The Kier molecular flexibility index (Phi) is 7.74. The molecule has 2 unspecified atom stereocenters. The molecule has 0 aromatic heterocycles. The van der Waals surface area contributed by atoms with Crippen LogP contribution in [0, 0.1) is 5.92 Å². The van der Waals surface area contributed by atoms with Crippen LogP contribution in [0.1, 0.15) is 31.0 Å². The summed E-state index contributed by atoms with van der Waals surface area (Å²) in [5.74, 6) is -0.330. The molecule has 0 bridgehead atoms. The standard InChI is InChI=1S/C14H19F3N2O.ClH/c1-9(8-18-3)13(20)19-10(2)11-4-6-12(7-5-11)14(15,16)17;/h4-7,9-10,18H,8H2,1-3H3,(H,19,20);1H. The second-order valence-electron chi connectivity index (χ2n) is 4.81. The van der Waals surface area contributed by atoms with E-state index in [0.29, 0.717) is 12.1 Å². The highest BCUT2D eigenvalue weighted by Crippen LogP contribution is 2.29. The van der Waals surface area contributed by atoms with E-state index in [-0.39, 0.29) is 30.3 Å². The summed E-state index contributed by atoms with van der Waals surface area (Å²) in [6, 6.07) is 4.49. The monoisotopic (exact) mass is 324 g/mol. The van der Waals surface area contributed by atoms with Gasteiger partial charge in [-0.3, -0.25) is 4.79 Å². The minimum atomic E-state index is -4.34. The molecule has 21 heavy (non-hydrogen) atoms. The van der Waals surface area contributed by atoms with Crippen molar-refractivity contribution in [3.63, 3.8) is 0 Å². The second kappa shape index (κ2) is 8.24. The summed E-state index contributed by atoms with van der Waals surface area (Å²) >= 11 is 0. The third kappa shape index (κ3) is 5.93. The van der Waals surface area contributed by atoms with Crippen LogP contribution in [0.5, 0.6) is 0 Å². The smallest absolute Gasteiger partial charge is 0.349 e. The van der Waals surface area contributed by atoms with Gasteiger partial charge in [-0.15, -0.1) is 12.4 Å². The summed E-state index contributed by atoms with van der Waals surface area (Å²) < 4.78 is 37.3. The lowest BCUT2D eigenvalue weighted by molar-refractivity contribution is -0.137. The van der Waals surface area contributed by atoms with Gasteiger partial charge in [0.15, 0.2) is 0 Å². The molecule has 0 aliphatic rings. The number of nitrogens with one attached hydrogen (secondary N) is 2. The minimum absolute atomic E-state index is 0. The molecule has 0 aliphatic carbocycles. The fraction of sp³-hybridized carbons (Fsp3) is 0.500. The summed E-state index contributed by atoms with van der Waals surface area (Å²) in [6.45, 7) is 4.07. The van der Waals surface area contributed by atoms with Crippen molar-refractivity contribution in [3.05, 3.63) is 35.4 Å². The Morgan fingerprint density at radius 3 is 2.14 bits per heavy atom. The van der Waals surface area contributed by atoms with E-state index in [1.165, 1.54) is 12.1 Å². The summed E-state index contributed by atoms with van der Waals surface area (Å²) in [5, 5.41) is 5.68. The number of alkyl halides is 3. The zero-order chi connectivity index (χ0) is 15.3. The van der Waals surface area contributed by atoms with Gasteiger partial charge in [-0.1, -0.05) is 19.1 Å². The van der Waals surface area contributed by atoms with Crippen molar-refractivity contribution >= 4 is 18.3 Å². The van der Waals surface area contributed by atoms with E-state index in [9.17, 15) is 18.0 Å². The van der Waals surface area contributed by atoms with Crippen molar-refractivity contribution in [1.29, 1.82) is 0 Å². The summed E-state index contributed by atoms with van der Waals surface area (Å²) in [7, 11) is 1.75. The van der Waals surface area contributed by atoms with Crippen LogP contribution in [0.3, 0.4) is 0 Å². The first-order valence-electron chi connectivity index (χ1n) is 6.37. The van der Waals surface area contributed by atoms with E-state index in [1.807, 2.05) is 0 Å². The van der Waals surface area contributed by atoms with Gasteiger partial charge in [-0.05, 0) is 31.7 Å². The van der Waals surface area contributed by atoms with Crippen LogP contribution in [0.2, 0.25) is 0 Å². The number of amides is 1. The van der Waals surface area contributed by atoms with Crippen molar-refractivity contribution in [2.45, 2.75) is 26.1 Å². The van der Waals surface area contributed by atoms with Gasteiger partial charge in [-0.2, -0.15) is 13.2 Å². The molecule has 1 amide bonds. The molecule has 120 valence electrons. The Balaban J connectivity index is 0.00000400. The highest BCUT2D eigenvalue weighted by atomic mass is 35.5. The van der Waals surface area contributed by atoms with Crippen molar-refractivity contribution in [2.75, 3.05) is 13.6 Å². The first kappa shape index (κ1) is 19.7. The van der Waals surface area contributed by atoms with E-state index in [0.717, 1.165) is 12.1 Å². The van der Waals surface area contributed by atoms with Crippen molar-refractivity contribution < 1.29 is 18.0 Å². The van der Waals surface area contributed by atoms with Gasteiger partial charge < -0.3 is 10.6 Å². The van der Waals surface area contributed by atoms with Crippen LogP contribution in [-0.4, -0.2) is 19.5 Å². The van der Waals surface area contributed by atoms with Gasteiger partial charge in [0.2, 0.25) is 5.91 Å². The summed E-state index contributed by atoms with van der Waals surface area (Å²) in [6.07, 6.45) is -4.34. The number of hydrogen-bond donors (Lipinski definition) is 2. The lowest BCUT2D eigenvalue weighted by Crippen LogP contribution is -2.35. The Morgan fingerprint density at radius 1 is 1.19 bits per heavy atom. The normalized spacial score (nSPS) is 14.0. The number of hydrogen-bond acceptors (Lipinski definition) is 2. The predicted molar refractivity (Wildman–Crippen MR) is 78.3 cm³/mol. The van der Waals surface area contributed by atoms with Gasteiger partial charge in [-0.25, -0.2) is 0 Å². The largest absolute Gasteiger partial charge is 0.416 e. The van der Waals surface area contributed by atoms with Crippen LogP contribution in [0.4, 0.5) is 13.2 Å². The van der Waals surface area contributed by atoms with Crippen LogP contribution in [0.25, 0.3) is 0 Å². The molecule has 1 aromatic carbocycles. The molecular formula is C14H20ClF3N2O. The molecule has 0 spiro atoms. The molecule has 2 N–H and O–H groups in total. The quantitative estimate of drug-likeness (QED) is 0.873. The lowest BCUT2D eigenvalue weighted by atomic mass is 10.0. The lowest BCUT2D eigenvalue weighted by Gasteiger charge is -2.18. The Morgan fingerprint density at radius 2 is 1.71 bits per heavy atom. The maximum Gasteiger partial charge on any atom is 0.416 e. The Bertz CT molecular complexity index is 449. The second-order valence-corrected chi connectivity index (χ2v) is 4.81. The van der Waals surface area contributed by atoms with Gasteiger partial charge in [0.1, 0.15) is 0 Å². The molecule has 1 aromatic rings. The van der Waals surface area contributed by atoms with E-state index in [1.54, 1.807) is 20.9 Å². The molecular weight excluding hydrogens is 305 g/mol. The van der Waals surface area contributed by atoms with Gasteiger partial charge in [0.25, 0.3) is 0 Å². The molecule has 1 rings (SSSR count). The van der Waals surface area contributed by atoms with Gasteiger partial charge in [0.05, 0.1) is 11.6 Å². The molecule has 2 atom stereocenters. The van der Waals surface area contributed by atoms with Crippen LogP contribution < -0.4 is 10.6 Å². The fourth-order valence-corrected chi connectivity index (χ4v) is 1.80. The maximum atomic E-state index is 12.4. The fourth-order valence-electron chi connectivity index (χ4n) is 1.80. The molecule has 3 nitrogen and oxygen atoms in total. The minimum Gasteiger partial charge on any atom is -0.349 e. The third-order valence-corrected chi connectivity index (χ3v) is 3.05. The van der Waals surface area contributed by atoms with Crippen molar-refractivity contribution in [3.8, 4) is 0 Å². The maximum absolute atomic E-state index is 12.4. The molecule has 0 heterocycles. The highest BCUT2D eigenvalue weighted by Gasteiger charge is 2.30. The average molecular weight is 325 g/mol. The third-order valence-electron chi connectivity index (χ3n) is 3.05. The van der Waals surface area contributed by atoms with Gasteiger partial charge in [0, 0.05) is 12.5 Å². The molecule has 0 saturated heterocycles. The van der Waals surface area contributed by atoms with Crippen LogP contribution >= 0.6 is 12.4 Å². The molecule has 0 saturated carbocycles. The molecule has 0 aliphatic heterocycles. The summed E-state index contributed by atoms with van der Waals surface area (Å²) in [5.41, 5.74) is -0.0497. The number of benzene rings is 1. The van der Waals surface area contributed by atoms with Crippen LogP contribution in [0.15, 0.2) is 24.3 Å². The summed E-state index contributed by atoms with van der Waals surface area (Å²) in [4.78, 5) is 11.8. The predicted octanol–water partition coefficient (Wildman–Crippen LogP) is 3.16. The zero-order valence-corrected chi connectivity index (χ0v) is 12.9. The first-order chi connectivity index (χ1) is 9.25. The number of carbonyl (C=O) groups excluding carboxylic acids is 1. The van der Waals surface area contributed by atoms with Crippen molar-refractivity contribution in [1.82, 2.24) is 10.6 Å². The molecule has 7 heteroatoms.